The molecule has 2 aromatic carbocycles. The van der Waals surface area contributed by atoms with Crippen LogP contribution in [-0.4, -0.2) is 55.0 Å². The highest BCUT2D eigenvalue weighted by Crippen LogP contribution is 2.44. The zero-order valence-electron chi connectivity index (χ0n) is 18.1. The molecule has 8 nitrogen and oxygen atoms in total. The van der Waals surface area contributed by atoms with Crippen LogP contribution in [0.5, 0.6) is 0 Å². The number of fused-ring (bicyclic) bond motifs is 3. The number of ether oxygens (including phenoxy) is 2. The van der Waals surface area contributed by atoms with Gasteiger partial charge in [0.25, 0.3) is 0 Å². The molecule has 1 aliphatic heterocycles. The normalized spacial score (nSPS) is 25.1. The minimum absolute atomic E-state index is 0.0516. The van der Waals surface area contributed by atoms with Crippen LogP contribution in [0.15, 0.2) is 48.5 Å². The Morgan fingerprint density at radius 1 is 1.06 bits per heavy atom. The Hall–Kier alpha value is -3.39. The lowest BCUT2D eigenvalue weighted by Crippen LogP contribution is -2.59. The summed E-state index contributed by atoms with van der Waals surface area (Å²) in [6.07, 6.45) is 0.210. The summed E-state index contributed by atoms with van der Waals surface area (Å²) < 4.78 is 11.0. The maximum Gasteiger partial charge on any atom is 0.408 e. The molecule has 5 rings (SSSR count). The van der Waals surface area contributed by atoms with Crippen molar-refractivity contribution in [2.75, 3.05) is 26.4 Å². The monoisotopic (exact) mass is 450 g/mol. The van der Waals surface area contributed by atoms with Gasteiger partial charge in [-0.25, -0.2) is 4.79 Å². The number of hydrogen-bond donors (Lipinski definition) is 3. The molecule has 3 atom stereocenters. The van der Waals surface area contributed by atoms with Gasteiger partial charge in [0, 0.05) is 25.5 Å². The van der Waals surface area contributed by atoms with Gasteiger partial charge in [-0.2, -0.15) is 0 Å². The van der Waals surface area contributed by atoms with Gasteiger partial charge in [-0.3, -0.25) is 9.59 Å². The fraction of sp³-hybridized carbons (Fsp3) is 0.400. The molecule has 2 aromatic rings. The Bertz CT molecular complexity index is 1050. The molecule has 0 aromatic heterocycles. The number of carbonyl (C=O) groups is 3. The topological polar surface area (TPSA) is 114 Å². The van der Waals surface area contributed by atoms with Gasteiger partial charge in [0.2, 0.25) is 5.91 Å². The second-order valence-corrected chi connectivity index (χ2v) is 8.99. The van der Waals surface area contributed by atoms with Crippen LogP contribution in [-0.2, 0) is 19.1 Å². The highest BCUT2D eigenvalue weighted by atomic mass is 16.6. The van der Waals surface area contributed by atoms with E-state index in [0.717, 1.165) is 22.3 Å². The second-order valence-electron chi connectivity index (χ2n) is 8.99. The van der Waals surface area contributed by atoms with Gasteiger partial charge in [0.05, 0.1) is 12.5 Å². The third-order valence-electron chi connectivity index (χ3n) is 6.91. The number of rotatable bonds is 7. The predicted octanol–water partition coefficient (Wildman–Crippen LogP) is 2.52. The van der Waals surface area contributed by atoms with Crippen molar-refractivity contribution in [2.24, 2.45) is 11.8 Å². The average molecular weight is 450 g/mol. The molecule has 172 valence electrons. The Labute approximate surface area is 191 Å². The highest BCUT2D eigenvalue weighted by molar-refractivity contribution is 5.90. The average Bonchev–Trinajstić information content (AvgIpc) is 3.34. The van der Waals surface area contributed by atoms with Crippen molar-refractivity contribution in [1.29, 1.82) is 0 Å². The zero-order valence-corrected chi connectivity index (χ0v) is 18.1. The van der Waals surface area contributed by atoms with Crippen LogP contribution in [0.25, 0.3) is 11.1 Å². The highest BCUT2D eigenvalue weighted by Gasteiger charge is 2.47. The van der Waals surface area contributed by atoms with E-state index in [1.807, 2.05) is 36.4 Å². The summed E-state index contributed by atoms with van der Waals surface area (Å²) in [4.78, 5) is 36.6. The summed E-state index contributed by atoms with van der Waals surface area (Å²) in [7, 11) is 0. The number of amides is 2. The molecule has 1 unspecified atom stereocenters. The van der Waals surface area contributed by atoms with Crippen molar-refractivity contribution in [3.8, 4) is 11.1 Å². The molecular formula is C25H26N2O6. The molecule has 2 amide bonds. The van der Waals surface area contributed by atoms with E-state index in [4.69, 9.17) is 14.6 Å². The fourth-order valence-electron chi connectivity index (χ4n) is 4.90. The van der Waals surface area contributed by atoms with E-state index < -0.39 is 23.5 Å². The second kappa shape index (κ2) is 8.51. The van der Waals surface area contributed by atoms with E-state index in [0.29, 0.717) is 19.4 Å². The standard InChI is InChI=1S/C25H26N2O6/c28-22(29)20-11-15(20)12-26-23(30)25(9-10-32-14-25)27-24(31)33-13-21-18-7-3-1-5-16(18)17-6-2-4-8-19(17)21/h1-8,15,20-21H,9-14H2,(H,26,30)(H,27,31)(H,28,29)/t15-,20-,25?/m1/s1. The minimum atomic E-state index is -1.21. The lowest BCUT2D eigenvalue weighted by atomic mass is 9.97. The van der Waals surface area contributed by atoms with Gasteiger partial charge < -0.3 is 25.2 Å². The van der Waals surface area contributed by atoms with Crippen LogP contribution >= 0.6 is 0 Å². The summed E-state index contributed by atoms with van der Waals surface area (Å²) in [6.45, 7) is 0.818. The minimum Gasteiger partial charge on any atom is -0.481 e. The lowest BCUT2D eigenvalue weighted by Gasteiger charge is -2.27. The molecule has 8 heteroatoms. The first-order valence-electron chi connectivity index (χ1n) is 11.2. The smallest absolute Gasteiger partial charge is 0.408 e. The lowest BCUT2D eigenvalue weighted by molar-refractivity contribution is -0.139. The SMILES string of the molecule is O=C(NC1(C(=O)NC[C@H]2C[C@H]2C(=O)O)CCOC1)OCC1c2ccccc2-c2ccccc21. The van der Waals surface area contributed by atoms with Crippen LogP contribution < -0.4 is 10.6 Å². The Kier molecular flexibility index (Phi) is 5.54. The van der Waals surface area contributed by atoms with E-state index >= 15 is 0 Å². The third kappa shape index (κ3) is 4.06. The molecule has 33 heavy (non-hydrogen) atoms. The molecule has 2 fully saturated rings. The fourth-order valence-corrected chi connectivity index (χ4v) is 4.90. The maximum absolute atomic E-state index is 12.9. The van der Waals surface area contributed by atoms with Crippen molar-refractivity contribution in [3.63, 3.8) is 0 Å². The maximum atomic E-state index is 12.9. The van der Waals surface area contributed by atoms with E-state index in [1.54, 1.807) is 0 Å². The molecule has 2 aliphatic carbocycles. The zero-order chi connectivity index (χ0) is 23.0. The number of hydrogen-bond acceptors (Lipinski definition) is 5. The van der Waals surface area contributed by atoms with Crippen molar-refractivity contribution < 1.29 is 29.0 Å². The summed E-state index contributed by atoms with van der Waals surface area (Å²) in [5.41, 5.74) is 3.29. The van der Waals surface area contributed by atoms with Crippen molar-refractivity contribution >= 4 is 18.0 Å². The first-order valence-corrected chi connectivity index (χ1v) is 11.2. The first-order chi connectivity index (χ1) is 16.0. The molecule has 0 spiro atoms. The summed E-state index contributed by atoms with van der Waals surface area (Å²) >= 11 is 0. The number of carboxylic acid groups (broad SMARTS) is 1. The van der Waals surface area contributed by atoms with Gasteiger partial charge >= 0.3 is 12.1 Å². The van der Waals surface area contributed by atoms with Crippen LogP contribution in [0.3, 0.4) is 0 Å². The largest absolute Gasteiger partial charge is 0.481 e. The van der Waals surface area contributed by atoms with E-state index in [9.17, 15) is 14.4 Å². The van der Waals surface area contributed by atoms with Crippen molar-refractivity contribution in [2.45, 2.75) is 24.3 Å². The van der Waals surface area contributed by atoms with Crippen molar-refractivity contribution in [1.82, 2.24) is 10.6 Å². The molecule has 1 saturated carbocycles. The Morgan fingerprint density at radius 2 is 1.73 bits per heavy atom. The Morgan fingerprint density at radius 3 is 2.30 bits per heavy atom. The summed E-state index contributed by atoms with van der Waals surface area (Å²) in [5, 5.41) is 14.6. The van der Waals surface area contributed by atoms with E-state index in [2.05, 4.69) is 22.8 Å². The molecule has 3 aliphatic rings. The summed E-state index contributed by atoms with van der Waals surface area (Å²) in [5.74, 6) is -1.76. The van der Waals surface area contributed by atoms with Gasteiger partial charge in [-0.1, -0.05) is 48.5 Å². The van der Waals surface area contributed by atoms with E-state index in [1.165, 1.54) is 0 Å². The molecular weight excluding hydrogens is 424 g/mol. The predicted molar refractivity (Wildman–Crippen MR) is 119 cm³/mol. The van der Waals surface area contributed by atoms with E-state index in [-0.39, 0.29) is 37.5 Å². The quantitative estimate of drug-likeness (QED) is 0.597. The van der Waals surface area contributed by atoms with Crippen LogP contribution in [0.2, 0.25) is 0 Å². The summed E-state index contributed by atoms with van der Waals surface area (Å²) in [6, 6.07) is 16.2. The van der Waals surface area contributed by atoms with Crippen LogP contribution in [0, 0.1) is 11.8 Å². The molecule has 0 radical (unpaired) electrons. The first kappa shape index (κ1) is 21.5. The number of alkyl carbamates (subject to hydrolysis) is 1. The van der Waals surface area contributed by atoms with Crippen molar-refractivity contribution in [3.05, 3.63) is 59.7 Å². The number of aliphatic carboxylic acids is 1. The molecule has 1 heterocycles. The van der Waals surface area contributed by atoms with Gasteiger partial charge in [-0.05, 0) is 34.6 Å². The number of nitrogens with one attached hydrogen (secondary N) is 2. The molecule has 3 N–H and O–H groups in total. The Balaban J connectivity index is 1.22. The van der Waals surface area contributed by atoms with Gasteiger partial charge in [-0.15, -0.1) is 0 Å². The van der Waals surface area contributed by atoms with Gasteiger partial charge in [0.15, 0.2) is 0 Å². The van der Waals surface area contributed by atoms with Gasteiger partial charge in [0.1, 0.15) is 12.1 Å². The molecule has 1 saturated heterocycles. The number of benzene rings is 2. The van der Waals surface area contributed by atoms with Crippen LogP contribution in [0.1, 0.15) is 29.9 Å². The van der Waals surface area contributed by atoms with Crippen LogP contribution in [0.4, 0.5) is 4.79 Å². The third-order valence-corrected chi connectivity index (χ3v) is 6.91. The number of carboxylic acids is 1. The number of carbonyl (C=O) groups excluding carboxylic acids is 2. The molecule has 0 bridgehead atoms.